The molecular formula is C10H18OS2. The highest BCUT2D eigenvalue weighted by molar-refractivity contribution is 8.08. The number of hydrogen-bond donors (Lipinski definition) is 0. The molecule has 1 saturated heterocycles. The summed E-state index contributed by atoms with van der Waals surface area (Å²) in [4.78, 5) is 11.7. The lowest BCUT2D eigenvalue weighted by molar-refractivity contribution is -0.121. The molecule has 1 heterocycles. The molecule has 3 unspecified atom stereocenters. The monoisotopic (exact) mass is 218 g/mol. The van der Waals surface area contributed by atoms with Gasteiger partial charge in [-0.1, -0.05) is 27.7 Å². The molecule has 1 aliphatic heterocycles. The third-order valence-electron chi connectivity index (χ3n) is 2.44. The normalized spacial score (nSPS) is 35.0. The summed E-state index contributed by atoms with van der Waals surface area (Å²) >= 11 is 3.80. The van der Waals surface area contributed by atoms with Crippen LogP contribution < -0.4 is 0 Å². The Bertz CT molecular complexity index is 191. The van der Waals surface area contributed by atoms with Gasteiger partial charge in [-0.3, -0.25) is 4.79 Å². The summed E-state index contributed by atoms with van der Waals surface area (Å²) in [7, 11) is 0. The number of ketones is 1. The highest BCUT2D eigenvalue weighted by Crippen LogP contribution is 2.36. The summed E-state index contributed by atoms with van der Waals surface area (Å²) < 4.78 is 0. The molecule has 13 heavy (non-hydrogen) atoms. The highest BCUT2D eigenvalue weighted by atomic mass is 32.2. The lowest BCUT2D eigenvalue weighted by Crippen LogP contribution is -2.33. The van der Waals surface area contributed by atoms with Gasteiger partial charge in [0, 0.05) is 22.2 Å². The predicted molar refractivity (Wildman–Crippen MR) is 62.6 cm³/mol. The predicted octanol–water partition coefficient (Wildman–Crippen LogP) is 2.84. The summed E-state index contributed by atoms with van der Waals surface area (Å²) in [5.41, 5.74) is 0. The van der Waals surface area contributed by atoms with Gasteiger partial charge in [0.25, 0.3) is 0 Å². The van der Waals surface area contributed by atoms with Crippen LogP contribution in [-0.2, 0) is 4.79 Å². The molecule has 0 saturated carbocycles. The van der Waals surface area contributed by atoms with E-state index in [0.29, 0.717) is 16.3 Å². The van der Waals surface area contributed by atoms with Crippen LogP contribution in [0.4, 0.5) is 0 Å². The van der Waals surface area contributed by atoms with E-state index in [1.54, 1.807) is 0 Å². The number of Topliss-reactive ketones (excluding diaryl/α,β-unsaturated/α-hetero) is 1. The Morgan fingerprint density at radius 3 is 2.38 bits per heavy atom. The van der Waals surface area contributed by atoms with E-state index in [9.17, 15) is 4.79 Å². The van der Waals surface area contributed by atoms with Crippen LogP contribution in [0.25, 0.3) is 0 Å². The molecule has 76 valence electrons. The first-order valence-electron chi connectivity index (χ1n) is 4.83. The van der Waals surface area contributed by atoms with Gasteiger partial charge in [0.15, 0.2) is 0 Å². The van der Waals surface area contributed by atoms with E-state index in [1.807, 2.05) is 37.4 Å². The molecule has 0 aromatic heterocycles. The standard InChI is InChI=1S/C10H18OS2/c1-6(2)10(11)9-5-12-7(3)8(4)13-9/h6-9H,5H2,1-4H3. The Labute approximate surface area is 89.4 Å². The van der Waals surface area contributed by atoms with E-state index in [4.69, 9.17) is 0 Å². The summed E-state index contributed by atoms with van der Waals surface area (Å²) in [5.74, 6) is 1.63. The van der Waals surface area contributed by atoms with Crippen molar-refractivity contribution in [1.82, 2.24) is 0 Å². The highest BCUT2D eigenvalue weighted by Gasteiger charge is 2.30. The van der Waals surface area contributed by atoms with E-state index in [2.05, 4.69) is 13.8 Å². The van der Waals surface area contributed by atoms with Crippen molar-refractivity contribution >= 4 is 29.3 Å². The lowest BCUT2D eigenvalue weighted by Gasteiger charge is -2.31. The van der Waals surface area contributed by atoms with Gasteiger partial charge < -0.3 is 0 Å². The van der Waals surface area contributed by atoms with Crippen molar-refractivity contribution in [3.8, 4) is 0 Å². The number of carbonyl (C=O) groups excluding carboxylic acids is 1. The Morgan fingerprint density at radius 1 is 1.31 bits per heavy atom. The van der Waals surface area contributed by atoms with E-state index < -0.39 is 0 Å². The van der Waals surface area contributed by atoms with Crippen LogP contribution >= 0.6 is 23.5 Å². The average Bonchev–Trinajstić information content (AvgIpc) is 2.08. The summed E-state index contributed by atoms with van der Waals surface area (Å²) in [6.07, 6.45) is 0. The van der Waals surface area contributed by atoms with Gasteiger partial charge in [-0.05, 0) is 0 Å². The third-order valence-corrected chi connectivity index (χ3v) is 5.84. The fraction of sp³-hybridized carbons (Fsp3) is 0.900. The minimum Gasteiger partial charge on any atom is -0.298 e. The number of thioether (sulfide) groups is 2. The molecule has 1 aliphatic rings. The van der Waals surface area contributed by atoms with Crippen molar-refractivity contribution < 1.29 is 4.79 Å². The maximum atomic E-state index is 11.7. The van der Waals surface area contributed by atoms with Crippen LogP contribution in [0.3, 0.4) is 0 Å². The Morgan fingerprint density at radius 2 is 1.92 bits per heavy atom. The first-order chi connectivity index (χ1) is 6.02. The lowest BCUT2D eigenvalue weighted by atomic mass is 10.1. The molecule has 0 radical (unpaired) electrons. The number of rotatable bonds is 2. The minimum atomic E-state index is 0.193. The van der Waals surface area contributed by atoms with Gasteiger partial charge in [-0.25, -0.2) is 0 Å². The van der Waals surface area contributed by atoms with Gasteiger partial charge in [0.05, 0.1) is 5.25 Å². The van der Waals surface area contributed by atoms with Crippen LogP contribution in [0.5, 0.6) is 0 Å². The molecule has 0 aromatic carbocycles. The van der Waals surface area contributed by atoms with Gasteiger partial charge in [-0.15, -0.1) is 11.8 Å². The first kappa shape index (κ1) is 11.4. The zero-order chi connectivity index (χ0) is 10.0. The molecular weight excluding hydrogens is 200 g/mol. The number of hydrogen-bond acceptors (Lipinski definition) is 3. The van der Waals surface area contributed by atoms with Crippen molar-refractivity contribution in [2.45, 2.75) is 43.4 Å². The fourth-order valence-electron chi connectivity index (χ4n) is 1.30. The number of carbonyl (C=O) groups is 1. The Kier molecular flexibility index (Phi) is 4.17. The topological polar surface area (TPSA) is 17.1 Å². The summed E-state index contributed by atoms with van der Waals surface area (Å²) in [6, 6.07) is 0. The van der Waals surface area contributed by atoms with Gasteiger partial charge in [-0.2, -0.15) is 11.8 Å². The molecule has 1 fully saturated rings. The zero-order valence-corrected chi connectivity index (χ0v) is 10.4. The molecule has 3 heteroatoms. The quantitative estimate of drug-likeness (QED) is 0.709. The van der Waals surface area contributed by atoms with Crippen molar-refractivity contribution in [3.05, 3.63) is 0 Å². The second kappa shape index (κ2) is 4.74. The maximum absolute atomic E-state index is 11.7. The molecule has 1 rings (SSSR count). The van der Waals surface area contributed by atoms with Gasteiger partial charge in [0.2, 0.25) is 0 Å². The summed E-state index contributed by atoms with van der Waals surface area (Å²) in [5, 5.41) is 1.56. The van der Waals surface area contributed by atoms with Crippen LogP contribution in [0.2, 0.25) is 0 Å². The molecule has 3 atom stereocenters. The SMILES string of the molecule is CC(C)C(=O)C1CSC(C)C(C)S1. The molecule has 1 nitrogen and oxygen atoms in total. The summed E-state index contributed by atoms with van der Waals surface area (Å²) in [6.45, 7) is 8.47. The fourth-order valence-corrected chi connectivity index (χ4v) is 4.34. The van der Waals surface area contributed by atoms with E-state index in [-0.39, 0.29) is 11.2 Å². The van der Waals surface area contributed by atoms with Crippen LogP contribution in [0, 0.1) is 5.92 Å². The van der Waals surface area contributed by atoms with E-state index in [1.165, 1.54) is 0 Å². The van der Waals surface area contributed by atoms with Crippen molar-refractivity contribution in [1.29, 1.82) is 0 Å². The zero-order valence-electron chi connectivity index (χ0n) is 8.74. The third kappa shape index (κ3) is 2.91. The van der Waals surface area contributed by atoms with E-state index >= 15 is 0 Å². The van der Waals surface area contributed by atoms with Crippen molar-refractivity contribution in [2.24, 2.45) is 5.92 Å². The van der Waals surface area contributed by atoms with E-state index in [0.717, 1.165) is 5.75 Å². The van der Waals surface area contributed by atoms with Crippen LogP contribution in [0.15, 0.2) is 0 Å². The second-order valence-electron chi connectivity index (χ2n) is 3.93. The smallest absolute Gasteiger partial charge is 0.149 e. The molecule has 0 amide bonds. The van der Waals surface area contributed by atoms with Gasteiger partial charge >= 0.3 is 0 Å². The largest absolute Gasteiger partial charge is 0.298 e. The Hall–Kier alpha value is 0.370. The minimum absolute atomic E-state index is 0.193. The molecule has 0 bridgehead atoms. The van der Waals surface area contributed by atoms with Crippen molar-refractivity contribution in [3.63, 3.8) is 0 Å². The molecule has 0 spiro atoms. The van der Waals surface area contributed by atoms with Gasteiger partial charge in [0.1, 0.15) is 5.78 Å². The first-order valence-corrected chi connectivity index (χ1v) is 6.82. The van der Waals surface area contributed by atoms with Crippen molar-refractivity contribution in [2.75, 3.05) is 5.75 Å². The average molecular weight is 218 g/mol. The van der Waals surface area contributed by atoms with Crippen LogP contribution in [0.1, 0.15) is 27.7 Å². The molecule has 0 N–H and O–H groups in total. The maximum Gasteiger partial charge on any atom is 0.149 e. The molecule has 0 aliphatic carbocycles. The second-order valence-corrected chi connectivity index (χ2v) is 6.92. The molecule has 0 aromatic rings. The Balaban J connectivity index is 2.50. The van der Waals surface area contributed by atoms with Crippen LogP contribution in [-0.4, -0.2) is 27.3 Å².